The maximum atomic E-state index is 14.0. The van der Waals surface area contributed by atoms with Gasteiger partial charge in [0.1, 0.15) is 17.5 Å². The second-order valence-electron chi connectivity index (χ2n) is 6.18. The van der Waals surface area contributed by atoms with Crippen molar-refractivity contribution >= 4 is 0 Å². The van der Waals surface area contributed by atoms with Crippen molar-refractivity contribution in [1.29, 1.82) is 0 Å². The van der Waals surface area contributed by atoms with Crippen LogP contribution in [0.5, 0.6) is 0 Å². The summed E-state index contributed by atoms with van der Waals surface area (Å²) >= 11 is 0. The summed E-state index contributed by atoms with van der Waals surface area (Å²) in [6.07, 6.45) is 4.16. The number of imidazole rings is 1. The molecule has 0 fully saturated rings. The molecular formula is C18H17F2N5. The van der Waals surface area contributed by atoms with Gasteiger partial charge in [-0.2, -0.15) is 0 Å². The zero-order chi connectivity index (χ0) is 17.4. The predicted molar refractivity (Wildman–Crippen MR) is 88.5 cm³/mol. The summed E-state index contributed by atoms with van der Waals surface area (Å²) in [7, 11) is 0. The summed E-state index contributed by atoms with van der Waals surface area (Å²) in [6, 6.07) is 3.53. The van der Waals surface area contributed by atoms with Gasteiger partial charge >= 0.3 is 0 Å². The van der Waals surface area contributed by atoms with Crippen molar-refractivity contribution in [1.82, 2.24) is 24.8 Å². The van der Waals surface area contributed by atoms with E-state index < -0.39 is 11.6 Å². The molecule has 25 heavy (non-hydrogen) atoms. The Morgan fingerprint density at radius 2 is 2.04 bits per heavy atom. The van der Waals surface area contributed by atoms with E-state index in [0.29, 0.717) is 18.9 Å². The fourth-order valence-electron chi connectivity index (χ4n) is 3.10. The molecular weight excluding hydrogens is 324 g/mol. The molecule has 0 saturated carbocycles. The Kier molecular flexibility index (Phi) is 4.01. The zero-order valence-corrected chi connectivity index (χ0v) is 13.8. The lowest BCUT2D eigenvalue weighted by atomic mass is 10.1. The van der Waals surface area contributed by atoms with E-state index in [9.17, 15) is 8.78 Å². The molecule has 0 aliphatic carbocycles. The van der Waals surface area contributed by atoms with E-state index in [-0.39, 0.29) is 5.56 Å². The van der Waals surface area contributed by atoms with Gasteiger partial charge in [-0.25, -0.2) is 13.8 Å². The molecule has 1 aliphatic rings. The molecule has 0 bridgehead atoms. The largest absolute Gasteiger partial charge is 0.340 e. The van der Waals surface area contributed by atoms with E-state index in [0.717, 1.165) is 41.8 Å². The second-order valence-corrected chi connectivity index (χ2v) is 6.18. The number of aromatic nitrogens is 4. The van der Waals surface area contributed by atoms with Gasteiger partial charge in [-0.3, -0.25) is 14.9 Å². The van der Waals surface area contributed by atoms with Crippen molar-refractivity contribution < 1.29 is 8.78 Å². The van der Waals surface area contributed by atoms with Crippen molar-refractivity contribution in [2.24, 2.45) is 0 Å². The van der Waals surface area contributed by atoms with Crippen LogP contribution >= 0.6 is 0 Å². The summed E-state index contributed by atoms with van der Waals surface area (Å²) in [4.78, 5) is 18.6. The number of benzene rings is 1. The first kappa shape index (κ1) is 15.8. The monoisotopic (exact) mass is 341 g/mol. The number of nitrogens with zero attached hydrogens (tertiary/aromatic N) is 4. The maximum absolute atomic E-state index is 14.0. The van der Waals surface area contributed by atoms with Gasteiger partial charge in [0, 0.05) is 44.5 Å². The molecule has 0 amide bonds. The Morgan fingerprint density at radius 3 is 2.84 bits per heavy atom. The number of hydrogen-bond acceptors (Lipinski definition) is 4. The van der Waals surface area contributed by atoms with Crippen LogP contribution in [-0.2, 0) is 19.5 Å². The third kappa shape index (κ3) is 3.15. The van der Waals surface area contributed by atoms with Gasteiger partial charge in [0.05, 0.1) is 28.3 Å². The van der Waals surface area contributed by atoms with Gasteiger partial charge in [-0.05, 0) is 19.1 Å². The molecule has 7 heteroatoms. The van der Waals surface area contributed by atoms with Crippen LogP contribution in [0.15, 0.2) is 30.6 Å². The highest BCUT2D eigenvalue weighted by Gasteiger charge is 2.22. The van der Waals surface area contributed by atoms with Crippen LogP contribution in [0.3, 0.4) is 0 Å². The molecule has 2 aromatic heterocycles. The van der Waals surface area contributed by atoms with Gasteiger partial charge < -0.3 is 4.98 Å². The number of H-pyrrole nitrogens is 1. The number of nitrogens with one attached hydrogen (secondary N) is 1. The average molecular weight is 341 g/mol. The Hall–Kier alpha value is -2.67. The molecule has 0 saturated heterocycles. The van der Waals surface area contributed by atoms with Gasteiger partial charge in [0.25, 0.3) is 0 Å². The summed E-state index contributed by atoms with van der Waals surface area (Å²) in [5.41, 5.74) is 4.06. The third-order valence-electron chi connectivity index (χ3n) is 4.45. The van der Waals surface area contributed by atoms with Crippen LogP contribution in [0.4, 0.5) is 8.78 Å². The minimum Gasteiger partial charge on any atom is -0.340 e. The minimum atomic E-state index is -0.613. The number of halogens is 2. The fourth-order valence-corrected chi connectivity index (χ4v) is 3.10. The highest BCUT2D eigenvalue weighted by atomic mass is 19.1. The molecule has 1 N–H and O–H groups in total. The summed E-state index contributed by atoms with van der Waals surface area (Å²) in [6.45, 7) is 4.18. The van der Waals surface area contributed by atoms with Crippen LogP contribution in [-0.4, -0.2) is 31.4 Å². The van der Waals surface area contributed by atoms with Gasteiger partial charge in [-0.1, -0.05) is 0 Å². The van der Waals surface area contributed by atoms with E-state index >= 15 is 0 Å². The predicted octanol–water partition coefficient (Wildman–Crippen LogP) is 3.01. The molecule has 1 aromatic carbocycles. The highest BCUT2D eigenvalue weighted by Crippen LogP contribution is 2.25. The fraction of sp³-hybridized carbons (Fsp3) is 0.278. The van der Waals surface area contributed by atoms with E-state index in [1.165, 1.54) is 12.1 Å². The number of aromatic amines is 1. The maximum Gasteiger partial charge on any atom is 0.140 e. The van der Waals surface area contributed by atoms with Crippen LogP contribution in [0.1, 0.15) is 22.8 Å². The van der Waals surface area contributed by atoms with Crippen LogP contribution in [0, 0.1) is 18.6 Å². The normalized spacial score (nSPS) is 14.5. The smallest absolute Gasteiger partial charge is 0.140 e. The molecule has 1 aliphatic heterocycles. The highest BCUT2D eigenvalue weighted by molar-refractivity contribution is 5.57. The average Bonchev–Trinajstić information content (AvgIpc) is 3.00. The van der Waals surface area contributed by atoms with Crippen molar-refractivity contribution in [3.63, 3.8) is 0 Å². The second kappa shape index (κ2) is 6.33. The molecule has 3 heterocycles. The van der Waals surface area contributed by atoms with Crippen molar-refractivity contribution in [3.05, 3.63) is 65.0 Å². The van der Waals surface area contributed by atoms with Crippen LogP contribution in [0.25, 0.3) is 11.4 Å². The first-order valence-electron chi connectivity index (χ1n) is 8.12. The van der Waals surface area contributed by atoms with Crippen molar-refractivity contribution in [2.45, 2.75) is 26.4 Å². The van der Waals surface area contributed by atoms with E-state index in [2.05, 4.69) is 24.8 Å². The molecule has 3 aromatic rings. The molecule has 4 rings (SSSR count). The molecule has 128 valence electrons. The third-order valence-corrected chi connectivity index (χ3v) is 4.45. The van der Waals surface area contributed by atoms with E-state index in [4.69, 9.17) is 0 Å². The standard InChI is InChI=1S/C18H17F2N5/c1-11-16(22-6-5-21-11)9-25-7-4-15-17(10-25)24-18(23-15)13-3-2-12(19)8-14(13)20/h2-3,5-6,8H,4,7,9-10H2,1H3,(H,23,24). The van der Waals surface area contributed by atoms with Crippen molar-refractivity contribution in [2.75, 3.05) is 6.54 Å². The van der Waals surface area contributed by atoms with Gasteiger partial charge in [-0.15, -0.1) is 0 Å². The van der Waals surface area contributed by atoms with E-state index in [1.807, 2.05) is 6.92 Å². The summed E-state index contributed by atoms with van der Waals surface area (Å²) in [5, 5.41) is 0. The quantitative estimate of drug-likeness (QED) is 0.796. The topological polar surface area (TPSA) is 57.7 Å². The number of aryl methyl sites for hydroxylation is 1. The van der Waals surface area contributed by atoms with Crippen molar-refractivity contribution in [3.8, 4) is 11.4 Å². The Morgan fingerprint density at radius 1 is 1.20 bits per heavy atom. The molecule has 0 radical (unpaired) electrons. The van der Waals surface area contributed by atoms with Crippen LogP contribution < -0.4 is 0 Å². The molecule has 5 nitrogen and oxygen atoms in total. The SMILES string of the molecule is Cc1nccnc1CN1CCc2nc(-c3ccc(F)cc3F)[nH]c2C1. The Bertz CT molecular complexity index is 922. The van der Waals surface area contributed by atoms with Gasteiger partial charge in [0.2, 0.25) is 0 Å². The van der Waals surface area contributed by atoms with Gasteiger partial charge in [0.15, 0.2) is 0 Å². The Labute approximate surface area is 143 Å². The lowest BCUT2D eigenvalue weighted by Gasteiger charge is -2.25. The first-order chi connectivity index (χ1) is 12.1. The lowest BCUT2D eigenvalue weighted by Crippen LogP contribution is -2.30. The number of hydrogen-bond donors (Lipinski definition) is 1. The molecule has 0 unspecified atom stereocenters. The number of fused-ring (bicyclic) bond motifs is 1. The number of rotatable bonds is 3. The molecule has 0 spiro atoms. The molecule has 0 atom stereocenters. The van der Waals surface area contributed by atoms with E-state index in [1.54, 1.807) is 12.4 Å². The minimum absolute atomic E-state index is 0.284. The zero-order valence-electron chi connectivity index (χ0n) is 13.8. The lowest BCUT2D eigenvalue weighted by molar-refractivity contribution is 0.238. The summed E-state index contributed by atoms with van der Waals surface area (Å²) < 4.78 is 27.1. The first-order valence-corrected chi connectivity index (χ1v) is 8.12. The summed E-state index contributed by atoms with van der Waals surface area (Å²) in [5.74, 6) is -0.763. The Balaban J connectivity index is 1.56. The van der Waals surface area contributed by atoms with Crippen LogP contribution in [0.2, 0.25) is 0 Å².